The van der Waals surface area contributed by atoms with Gasteiger partial charge in [0.15, 0.2) is 0 Å². The molecule has 0 aliphatic rings. The van der Waals surface area contributed by atoms with Gasteiger partial charge in [-0.2, -0.15) is 0 Å². The van der Waals surface area contributed by atoms with Crippen LogP contribution in [0.25, 0.3) is 10.9 Å². The molecule has 0 saturated heterocycles. The molecule has 1 aromatic carbocycles. The Kier molecular flexibility index (Phi) is 4.94. The van der Waals surface area contributed by atoms with Crippen molar-refractivity contribution in [1.82, 2.24) is 14.9 Å². The van der Waals surface area contributed by atoms with Crippen molar-refractivity contribution in [3.8, 4) is 0 Å². The van der Waals surface area contributed by atoms with E-state index >= 15 is 0 Å². The summed E-state index contributed by atoms with van der Waals surface area (Å²) in [5.74, 6) is 0.0533. The second-order valence-electron chi connectivity index (χ2n) is 6.27. The quantitative estimate of drug-likeness (QED) is 0.755. The highest BCUT2D eigenvalue weighted by Crippen LogP contribution is 2.24. The van der Waals surface area contributed by atoms with E-state index in [1.54, 1.807) is 6.20 Å². The molecule has 3 aromatic rings. The van der Waals surface area contributed by atoms with Crippen LogP contribution in [-0.2, 0) is 17.6 Å². The molecular weight excluding hydrogens is 298 g/mol. The molecule has 24 heavy (non-hydrogen) atoms. The van der Waals surface area contributed by atoms with Gasteiger partial charge in [0.1, 0.15) is 0 Å². The van der Waals surface area contributed by atoms with Crippen LogP contribution in [0, 0.1) is 0 Å². The molecule has 0 saturated carbocycles. The molecular formula is C20H23N3O. The third kappa shape index (κ3) is 3.65. The first-order valence-electron chi connectivity index (χ1n) is 8.40. The molecule has 0 radical (unpaired) electrons. The molecule has 0 unspecified atom stereocenters. The summed E-state index contributed by atoms with van der Waals surface area (Å²) in [7, 11) is 0. The van der Waals surface area contributed by atoms with Crippen molar-refractivity contribution in [1.29, 1.82) is 0 Å². The molecule has 124 valence electrons. The maximum Gasteiger partial charge on any atom is 0.224 e. The standard InChI is InChI=1S/C20H23N3O/c1-15(2)23-14-16(18-8-3-4-9-19(18)23)13-20(24)22-12-10-17-7-5-6-11-21-17/h3-9,11,14-15H,10,12-13H2,1-2H3,(H,22,24). The van der Waals surface area contributed by atoms with Crippen LogP contribution >= 0.6 is 0 Å². The molecule has 4 nitrogen and oxygen atoms in total. The number of benzene rings is 1. The van der Waals surface area contributed by atoms with Gasteiger partial charge >= 0.3 is 0 Å². The lowest BCUT2D eigenvalue weighted by Gasteiger charge is -2.08. The molecule has 0 aliphatic carbocycles. The van der Waals surface area contributed by atoms with Crippen molar-refractivity contribution in [3.05, 3.63) is 66.1 Å². The van der Waals surface area contributed by atoms with Gasteiger partial charge in [-0.1, -0.05) is 24.3 Å². The van der Waals surface area contributed by atoms with Crippen LogP contribution in [0.2, 0.25) is 0 Å². The van der Waals surface area contributed by atoms with E-state index in [-0.39, 0.29) is 5.91 Å². The summed E-state index contributed by atoms with van der Waals surface area (Å²) >= 11 is 0. The van der Waals surface area contributed by atoms with Gasteiger partial charge in [-0.25, -0.2) is 0 Å². The largest absolute Gasteiger partial charge is 0.355 e. The minimum atomic E-state index is 0.0533. The van der Waals surface area contributed by atoms with Crippen LogP contribution < -0.4 is 5.32 Å². The van der Waals surface area contributed by atoms with Gasteiger partial charge in [0.25, 0.3) is 0 Å². The van der Waals surface area contributed by atoms with Crippen LogP contribution in [0.1, 0.15) is 31.1 Å². The number of fused-ring (bicyclic) bond motifs is 1. The SMILES string of the molecule is CC(C)n1cc(CC(=O)NCCc2ccccn2)c2ccccc21. The smallest absolute Gasteiger partial charge is 0.224 e. The van der Waals surface area contributed by atoms with Crippen LogP contribution in [-0.4, -0.2) is 22.0 Å². The summed E-state index contributed by atoms with van der Waals surface area (Å²) in [5, 5.41) is 4.15. The van der Waals surface area contributed by atoms with E-state index in [0.717, 1.165) is 23.1 Å². The summed E-state index contributed by atoms with van der Waals surface area (Å²) in [5.41, 5.74) is 3.26. The molecule has 0 fully saturated rings. The number of aromatic nitrogens is 2. The lowest BCUT2D eigenvalue weighted by Crippen LogP contribution is -2.27. The second kappa shape index (κ2) is 7.30. The molecule has 2 aromatic heterocycles. The lowest BCUT2D eigenvalue weighted by molar-refractivity contribution is -0.120. The third-order valence-electron chi connectivity index (χ3n) is 4.16. The molecule has 2 heterocycles. The number of hydrogen-bond acceptors (Lipinski definition) is 2. The van der Waals surface area contributed by atoms with Crippen molar-refractivity contribution < 1.29 is 4.79 Å². The van der Waals surface area contributed by atoms with Crippen molar-refractivity contribution in [2.75, 3.05) is 6.54 Å². The van der Waals surface area contributed by atoms with E-state index in [4.69, 9.17) is 0 Å². The van der Waals surface area contributed by atoms with Crippen LogP contribution in [0.15, 0.2) is 54.9 Å². The normalized spacial score (nSPS) is 11.1. The predicted octanol–water partition coefficient (Wildman–Crippen LogP) is 3.52. The Morgan fingerprint density at radius 3 is 2.71 bits per heavy atom. The Bertz CT molecular complexity index is 821. The Hall–Kier alpha value is -2.62. The average molecular weight is 321 g/mol. The monoisotopic (exact) mass is 321 g/mol. The summed E-state index contributed by atoms with van der Waals surface area (Å²) in [6.07, 6.45) is 5.04. The van der Waals surface area contributed by atoms with E-state index in [2.05, 4.69) is 47.0 Å². The Labute approximate surface area is 142 Å². The summed E-state index contributed by atoms with van der Waals surface area (Å²) in [6, 6.07) is 14.5. The topological polar surface area (TPSA) is 46.9 Å². The number of carbonyl (C=O) groups is 1. The third-order valence-corrected chi connectivity index (χ3v) is 4.16. The zero-order valence-corrected chi connectivity index (χ0v) is 14.2. The van der Waals surface area contributed by atoms with Gasteiger partial charge in [0.05, 0.1) is 6.42 Å². The Balaban J connectivity index is 1.65. The molecule has 0 aliphatic heterocycles. The summed E-state index contributed by atoms with van der Waals surface area (Å²) < 4.78 is 2.23. The van der Waals surface area contributed by atoms with Gasteiger partial charge in [0, 0.05) is 48.0 Å². The van der Waals surface area contributed by atoms with Gasteiger partial charge < -0.3 is 9.88 Å². The predicted molar refractivity (Wildman–Crippen MR) is 97.0 cm³/mol. The minimum absolute atomic E-state index is 0.0533. The van der Waals surface area contributed by atoms with Crippen molar-refractivity contribution in [2.24, 2.45) is 0 Å². The average Bonchev–Trinajstić information content (AvgIpc) is 2.95. The Morgan fingerprint density at radius 2 is 1.96 bits per heavy atom. The second-order valence-corrected chi connectivity index (χ2v) is 6.27. The van der Waals surface area contributed by atoms with Gasteiger partial charge in [-0.15, -0.1) is 0 Å². The number of carbonyl (C=O) groups excluding carboxylic acids is 1. The summed E-state index contributed by atoms with van der Waals surface area (Å²) in [6.45, 7) is 4.92. The fourth-order valence-corrected chi connectivity index (χ4v) is 2.96. The first kappa shape index (κ1) is 16.2. The number of hydrogen-bond donors (Lipinski definition) is 1. The molecule has 1 N–H and O–H groups in total. The minimum Gasteiger partial charge on any atom is -0.355 e. The maximum absolute atomic E-state index is 12.3. The van der Waals surface area contributed by atoms with E-state index in [1.807, 2.05) is 30.3 Å². The van der Waals surface area contributed by atoms with Crippen molar-refractivity contribution >= 4 is 16.8 Å². The van der Waals surface area contributed by atoms with Crippen LogP contribution in [0.3, 0.4) is 0 Å². The number of nitrogens with one attached hydrogen (secondary N) is 1. The van der Waals surface area contributed by atoms with E-state index < -0.39 is 0 Å². The maximum atomic E-state index is 12.3. The van der Waals surface area contributed by atoms with Gasteiger partial charge in [0.2, 0.25) is 5.91 Å². The first-order chi connectivity index (χ1) is 11.6. The molecule has 3 rings (SSSR count). The lowest BCUT2D eigenvalue weighted by atomic mass is 10.1. The highest BCUT2D eigenvalue weighted by Gasteiger charge is 2.12. The van der Waals surface area contributed by atoms with E-state index in [1.165, 1.54) is 5.52 Å². The fourth-order valence-electron chi connectivity index (χ4n) is 2.96. The van der Waals surface area contributed by atoms with Gasteiger partial charge in [-0.3, -0.25) is 9.78 Å². The highest BCUT2D eigenvalue weighted by atomic mass is 16.1. The zero-order chi connectivity index (χ0) is 16.9. The molecule has 0 bridgehead atoms. The Morgan fingerprint density at radius 1 is 1.17 bits per heavy atom. The van der Waals surface area contributed by atoms with E-state index in [0.29, 0.717) is 19.0 Å². The molecule has 0 spiro atoms. The van der Waals surface area contributed by atoms with Crippen LogP contribution in [0.4, 0.5) is 0 Å². The molecule has 1 amide bonds. The number of para-hydroxylation sites is 1. The first-order valence-corrected chi connectivity index (χ1v) is 8.40. The highest BCUT2D eigenvalue weighted by molar-refractivity contribution is 5.89. The number of pyridine rings is 1. The van der Waals surface area contributed by atoms with Crippen molar-refractivity contribution in [3.63, 3.8) is 0 Å². The molecule has 4 heteroatoms. The van der Waals surface area contributed by atoms with Crippen molar-refractivity contribution in [2.45, 2.75) is 32.7 Å². The fraction of sp³-hybridized carbons (Fsp3) is 0.300. The van der Waals surface area contributed by atoms with E-state index in [9.17, 15) is 4.79 Å². The van der Waals surface area contributed by atoms with Gasteiger partial charge in [-0.05, 0) is 37.6 Å². The number of nitrogens with zero attached hydrogens (tertiary/aromatic N) is 2. The molecule has 0 atom stereocenters. The van der Waals surface area contributed by atoms with Crippen LogP contribution in [0.5, 0.6) is 0 Å². The summed E-state index contributed by atoms with van der Waals surface area (Å²) in [4.78, 5) is 16.6. The zero-order valence-electron chi connectivity index (χ0n) is 14.2. The number of rotatable bonds is 6. The number of amides is 1.